The number of rotatable bonds is 8. The monoisotopic (exact) mass is 265 g/mol. The lowest BCUT2D eigenvalue weighted by atomic mass is 10.0. The second-order valence-corrected chi connectivity index (χ2v) is 4.53. The van der Waals surface area contributed by atoms with Crippen LogP contribution in [0.1, 0.15) is 37.8 Å². The van der Waals surface area contributed by atoms with Crippen molar-refractivity contribution in [2.75, 3.05) is 6.61 Å². The van der Waals surface area contributed by atoms with Gasteiger partial charge in [0, 0.05) is 6.61 Å². The van der Waals surface area contributed by atoms with Crippen LogP contribution in [0.25, 0.3) is 0 Å². The number of benzene rings is 1. The molecule has 0 heterocycles. The highest BCUT2D eigenvalue weighted by Crippen LogP contribution is 2.12. The second-order valence-electron chi connectivity index (χ2n) is 4.53. The third kappa shape index (κ3) is 5.85. The molecule has 1 aromatic rings. The van der Waals surface area contributed by atoms with Crippen LogP contribution in [-0.2, 0) is 22.4 Å². The van der Waals surface area contributed by atoms with Crippen molar-refractivity contribution in [1.82, 2.24) is 5.48 Å². The number of carbonyl (C=O) groups is 1. The van der Waals surface area contributed by atoms with Crippen molar-refractivity contribution in [3.05, 3.63) is 35.4 Å². The maximum Gasteiger partial charge on any atom is 0.245 e. The summed E-state index contributed by atoms with van der Waals surface area (Å²) in [6, 6.07) is 8.50. The zero-order valence-electron chi connectivity index (χ0n) is 11.7. The van der Waals surface area contributed by atoms with Crippen molar-refractivity contribution >= 4 is 5.91 Å². The third-order valence-electron chi connectivity index (χ3n) is 3.13. The minimum atomic E-state index is -0.403. The molecule has 0 radical (unpaired) electrons. The van der Waals surface area contributed by atoms with Crippen LogP contribution < -0.4 is 5.48 Å². The molecule has 0 fully saturated rings. The van der Waals surface area contributed by atoms with Crippen LogP contribution in [0.5, 0.6) is 0 Å². The van der Waals surface area contributed by atoms with Crippen LogP contribution in [-0.4, -0.2) is 23.8 Å². The van der Waals surface area contributed by atoms with E-state index in [1.54, 1.807) is 5.48 Å². The molecular weight excluding hydrogens is 242 g/mol. The quantitative estimate of drug-likeness (QED) is 0.561. The Hall–Kier alpha value is -1.39. The standard InChI is InChI=1S/C15H23NO3/c1-3-12-5-7-13(8-6-12)9-10-14(19-4-2)11-15(17)16-18/h5-8,14,18H,3-4,9-11H2,1-2H3,(H,16,17). The average Bonchev–Trinajstić information content (AvgIpc) is 2.45. The highest BCUT2D eigenvalue weighted by molar-refractivity contribution is 5.75. The van der Waals surface area contributed by atoms with E-state index in [4.69, 9.17) is 9.94 Å². The van der Waals surface area contributed by atoms with Gasteiger partial charge in [-0.05, 0) is 37.3 Å². The number of carbonyl (C=O) groups excluding carboxylic acids is 1. The first-order chi connectivity index (χ1) is 9.19. The van der Waals surface area contributed by atoms with Crippen molar-refractivity contribution in [1.29, 1.82) is 0 Å². The highest BCUT2D eigenvalue weighted by atomic mass is 16.5. The molecule has 1 atom stereocenters. The Labute approximate surface area is 114 Å². The summed E-state index contributed by atoms with van der Waals surface area (Å²) in [4.78, 5) is 11.2. The fourth-order valence-corrected chi connectivity index (χ4v) is 2.00. The molecule has 1 unspecified atom stereocenters. The normalized spacial score (nSPS) is 12.2. The molecule has 19 heavy (non-hydrogen) atoms. The molecule has 4 nitrogen and oxygen atoms in total. The van der Waals surface area contributed by atoms with Crippen molar-refractivity contribution < 1.29 is 14.7 Å². The van der Waals surface area contributed by atoms with Crippen LogP contribution in [0.3, 0.4) is 0 Å². The van der Waals surface area contributed by atoms with Crippen LogP contribution in [0.2, 0.25) is 0 Å². The van der Waals surface area contributed by atoms with Gasteiger partial charge in [-0.25, -0.2) is 5.48 Å². The lowest BCUT2D eigenvalue weighted by Gasteiger charge is -2.16. The van der Waals surface area contributed by atoms with Gasteiger partial charge >= 0.3 is 0 Å². The van der Waals surface area contributed by atoms with E-state index in [9.17, 15) is 4.79 Å². The molecule has 0 aromatic heterocycles. The molecule has 0 aliphatic rings. The van der Waals surface area contributed by atoms with Gasteiger partial charge in [-0.1, -0.05) is 31.2 Å². The van der Waals surface area contributed by atoms with Gasteiger partial charge in [0.25, 0.3) is 0 Å². The molecule has 1 aromatic carbocycles. The fourth-order valence-electron chi connectivity index (χ4n) is 2.00. The number of nitrogens with one attached hydrogen (secondary N) is 1. The Balaban J connectivity index is 2.47. The highest BCUT2D eigenvalue weighted by Gasteiger charge is 2.13. The molecule has 2 N–H and O–H groups in total. The van der Waals surface area contributed by atoms with Gasteiger partial charge in [-0.2, -0.15) is 0 Å². The van der Waals surface area contributed by atoms with Gasteiger partial charge in [0.1, 0.15) is 0 Å². The average molecular weight is 265 g/mol. The number of hydrogen-bond acceptors (Lipinski definition) is 3. The summed E-state index contributed by atoms with van der Waals surface area (Å²) >= 11 is 0. The smallest absolute Gasteiger partial charge is 0.245 e. The lowest BCUT2D eigenvalue weighted by Crippen LogP contribution is -2.26. The Morgan fingerprint density at radius 1 is 1.26 bits per heavy atom. The van der Waals surface area contributed by atoms with Crippen molar-refractivity contribution in [2.24, 2.45) is 0 Å². The number of aryl methyl sites for hydroxylation is 2. The molecule has 0 saturated carbocycles. The van der Waals surface area contributed by atoms with Gasteiger partial charge in [0.05, 0.1) is 12.5 Å². The number of hydrogen-bond donors (Lipinski definition) is 2. The second kappa shape index (κ2) is 8.67. The summed E-state index contributed by atoms with van der Waals surface area (Å²) in [5.41, 5.74) is 4.21. The largest absolute Gasteiger partial charge is 0.378 e. The first-order valence-corrected chi connectivity index (χ1v) is 6.81. The van der Waals surface area contributed by atoms with E-state index in [1.807, 2.05) is 6.92 Å². The van der Waals surface area contributed by atoms with Crippen molar-refractivity contribution in [2.45, 2.75) is 45.6 Å². The first kappa shape index (κ1) is 15.7. The minimum Gasteiger partial charge on any atom is -0.378 e. The molecular formula is C15H23NO3. The molecule has 1 rings (SSSR count). The SMILES string of the molecule is CCOC(CCc1ccc(CC)cc1)CC(=O)NO. The predicted octanol–water partition coefficient (Wildman–Crippen LogP) is 2.48. The maximum atomic E-state index is 11.2. The zero-order valence-corrected chi connectivity index (χ0v) is 11.7. The molecule has 0 bridgehead atoms. The molecule has 0 aliphatic carbocycles. The fraction of sp³-hybridized carbons (Fsp3) is 0.533. The van der Waals surface area contributed by atoms with Crippen LogP contribution in [0.15, 0.2) is 24.3 Å². The van der Waals surface area contributed by atoms with Gasteiger partial charge in [0.2, 0.25) is 5.91 Å². The summed E-state index contributed by atoms with van der Waals surface area (Å²) in [6.07, 6.45) is 2.72. The summed E-state index contributed by atoms with van der Waals surface area (Å²) in [7, 11) is 0. The Kier molecular flexibility index (Phi) is 7.15. The predicted molar refractivity (Wildman–Crippen MR) is 74.1 cm³/mol. The van der Waals surface area contributed by atoms with Gasteiger partial charge in [-0.3, -0.25) is 10.0 Å². The zero-order chi connectivity index (χ0) is 14.1. The Morgan fingerprint density at radius 3 is 2.42 bits per heavy atom. The maximum absolute atomic E-state index is 11.2. The molecule has 0 spiro atoms. The Morgan fingerprint density at radius 2 is 1.89 bits per heavy atom. The molecule has 106 valence electrons. The summed E-state index contributed by atoms with van der Waals surface area (Å²) < 4.78 is 5.51. The molecule has 4 heteroatoms. The van der Waals surface area contributed by atoms with Gasteiger partial charge < -0.3 is 4.74 Å². The lowest BCUT2D eigenvalue weighted by molar-refractivity contribution is -0.132. The van der Waals surface area contributed by atoms with E-state index in [0.29, 0.717) is 6.61 Å². The first-order valence-electron chi connectivity index (χ1n) is 6.81. The van der Waals surface area contributed by atoms with E-state index >= 15 is 0 Å². The molecule has 0 aliphatic heterocycles. The van der Waals surface area contributed by atoms with Crippen LogP contribution in [0, 0.1) is 0 Å². The van der Waals surface area contributed by atoms with Crippen molar-refractivity contribution in [3.63, 3.8) is 0 Å². The summed E-state index contributed by atoms with van der Waals surface area (Å²) in [6.45, 7) is 4.60. The molecule has 1 amide bonds. The van der Waals surface area contributed by atoms with E-state index in [1.165, 1.54) is 11.1 Å². The summed E-state index contributed by atoms with van der Waals surface area (Å²) in [5.74, 6) is -0.403. The summed E-state index contributed by atoms with van der Waals surface area (Å²) in [5, 5.41) is 8.54. The van der Waals surface area contributed by atoms with E-state index < -0.39 is 5.91 Å². The van der Waals surface area contributed by atoms with Crippen LogP contribution >= 0.6 is 0 Å². The Bertz CT molecular complexity index is 375. The van der Waals surface area contributed by atoms with Gasteiger partial charge in [0.15, 0.2) is 0 Å². The van der Waals surface area contributed by atoms with E-state index in [0.717, 1.165) is 19.3 Å². The number of amides is 1. The minimum absolute atomic E-state index is 0.150. The van der Waals surface area contributed by atoms with E-state index in [-0.39, 0.29) is 12.5 Å². The van der Waals surface area contributed by atoms with Crippen LogP contribution in [0.4, 0.5) is 0 Å². The molecule has 0 saturated heterocycles. The van der Waals surface area contributed by atoms with Gasteiger partial charge in [-0.15, -0.1) is 0 Å². The topological polar surface area (TPSA) is 58.6 Å². The number of hydroxylamine groups is 1. The van der Waals surface area contributed by atoms with Crippen molar-refractivity contribution in [3.8, 4) is 0 Å². The van der Waals surface area contributed by atoms with E-state index in [2.05, 4.69) is 31.2 Å². The third-order valence-corrected chi connectivity index (χ3v) is 3.13. The number of ether oxygens (including phenoxy) is 1.